The second-order valence-electron chi connectivity index (χ2n) is 14.3. The number of rotatable bonds is 8. The fraction of sp³-hybridized carbons (Fsp3) is 0.444. The molecule has 12 nitrogen and oxygen atoms in total. The van der Waals surface area contributed by atoms with E-state index >= 15 is 0 Å². The van der Waals surface area contributed by atoms with Gasteiger partial charge in [0.2, 0.25) is 0 Å². The first-order valence-electron chi connectivity index (χ1n) is 17.0. The Morgan fingerprint density at radius 3 is 2.39 bits per heavy atom. The number of aliphatic hydroxyl groups is 1. The summed E-state index contributed by atoms with van der Waals surface area (Å²) in [7, 11) is -2.93. The first-order chi connectivity index (χ1) is 23.4. The summed E-state index contributed by atoms with van der Waals surface area (Å²) in [5.41, 5.74) is 0.649. The topological polar surface area (TPSA) is 149 Å². The van der Waals surface area contributed by atoms with Crippen molar-refractivity contribution in [2.45, 2.75) is 68.6 Å². The van der Waals surface area contributed by atoms with Crippen LogP contribution in [0.2, 0.25) is 18.6 Å². The maximum Gasteiger partial charge on any atom is 0.269 e. The molecule has 3 N–H and O–H groups in total. The number of anilines is 3. The van der Waals surface area contributed by atoms with Gasteiger partial charge in [0.15, 0.2) is 13.9 Å². The molecular formula is C36H43N5O7Si. The number of piperidine rings is 1. The predicted molar refractivity (Wildman–Crippen MR) is 188 cm³/mol. The van der Waals surface area contributed by atoms with Gasteiger partial charge in [0.05, 0.1) is 29.9 Å². The van der Waals surface area contributed by atoms with Crippen LogP contribution in [0.15, 0.2) is 72.8 Å². The first-order valence-corrected chi connectivity index (χ1v) is 20.0. The van der Waals surface area contributed by atoms with Gasteiger partial charge in [0, 0.05) is 47.1 Å². The van der Waals surface area contributed by atoms with E-state index < -0.39 is 41.9 Å². The SMILES string of the molecule is C[C@H]1[C@H]([Si](C)(C)O)[C@@H](CCO)O[C@]12C(=O)N(Cc1cccc(N3CN(c4ccccc4)C4(CCNCC4)C3=O)c1)c1ccc([N+](=O)[O-])cc12. The Morgan fingerprint density at radius 2 is 1.71 bits per heavy atom. The monoisotopic (exact) mass is 685 g/mol. The molecule has 0 aliphatic carbocycles. The largest absolute Gasteiger partial charge is 0.432 e. The maximum absolute atomic E-state index is 14.7. The van der Waals surface area contributed by atoms with Crippen LogP contribution in [0.5, 0.6) is 0 Å². The molecule has 7 rings (SSSR count). The number of ether oxygens (including phenoxy) is 1. The Labute approximate surface area is 286 Å². The summed E-state index contributed by atoms with van der Waals surface area (Å²) < 4.78 is 6.62. The molecule has 0 radical (unpaired) electrons. The molecule has 2 amide bonds. The molecule has 0 saturated carbocycles. The first kappa shape index (κ1) is 33.4. The van der Waals surface area contributed by atoms with Gasteiger partial charge in [-0.3, -0.25) is 24.6 Å². The Hall–Kier alpha value is -4.14. The standard InChI is InChI=1S/C36H43N5O7Si/c1-24-32(49(2,3)47)31(14-19-42)48-36(24)29-21-28(41(45)46)12-13-30(29)38(34(36)44)22-25-8-7-11-27(20-25)39-23-40(26-9-5-4-6-10-26)35(33(39)43)15-17-37-18-16-35/h4-13,20-21,24,31-32,37,42,47H,14-19,22-23H2,1-3H3/t24-,31+,32-,36+/m0/s1. The second kappa shape index (κ2) is 12.3. The summed E-state index contributed by atoms with van der Waals surface area (Å²) in [6.45, 7) is 7.30. The number of nitrogens with one attached hydrogen (secondary N) is 1. The van der Waals surface area contributed by atoms with E-state index in [1.165, 1.54) is 12.1 Å². The van der Waals surface area contributed by atoms with Gasteiger partial charge < -0.3 is 29.8 Å². The lowest BCUT2D eigenvalue weighted by molar-refractivity contribution is -0.385. The minimum absolute atomic E-state index is 0.0498. The van der Waals surface area contributed by atoms with Gasteiger partial charge in [0.25, 0.3) is 17.5 Å². The fourth-order valence-corrected chi connectivity index (χ4v) is 11.5. The minimum Gasteiger partial charge on any atom is -0.432 e. The Morgan fingerprint density at radius 1 is 1.00 bits per heavy atom. The number of benzene rings is 3. The molecule has 4 aliphatic heterocycles. The Balaban J connectivity index is 1.25. The highest BCUT2D eigenvalue weighted by atomic mass is 28.4. The zero-order valence-corrected chi connectivity index (χ0v) is 29.0. The summed E-state index contributed by atoms with van der Waals surface area (Å²) in [6, 6.07) is 22.0. The highest BCUT2D eigenvalue weighted by Crippen LogP contribution is 2.60. The number of nitrogens with zero attached hydrogens (tertiary/aromatic N) is 4. The van der Waals surface area contributed by atoms with Crippen LogP contribution in [0.3, 0.4) is 0 Å². The zero-order chi connectivity index (χ0) is 34.7. The molecule has 3 saturated heterocycles. The van der Waals surface area contributed by atoms with E-state index in [0.717, 1.165) is 30.0 Å². The second-order valence-corrected chi connectivity index (χ2v) is 18.3. The van der Waals surface area contributed by atoms with Crippen molar-refractivity contribution in [2.75, 3.05) is 41.1 Å². The minimum atomic E-state index is -2.93. The number of nitro groups is 1. The number of amides is 2. The van der Waals surface area contributed by atoms with Crippen LogP contribution in [0, 0.1) is 16.0 Å². The number of carbonyl (C=O) groups excluding carboxylic acids is 2. The molecule has 3 fully saturated rings. The number of hydrogen-bond acceptors (Lipinski definition) is 9. The fourth-order valence-electron chi connectivity index (χ4n) is 8.91. The summed E-state index contributed by atoms with van der Waals surface area (Å²) in [5.74, 6) is -0.813. The highest BCUT2D eigenvalue weighted by molar-refractivity contribution is 6.71. The molecule has 258 valence electrons. The van der Waals surface area contributed by atoms with Gasteiger partial charge in [-0.05, 0) is 81.3 Å². The predicted octanol–water partition coefficient (Wildman–Crippen LogP) is 4.25. The number of para-hydroxylation sites is 1. The molecule has 3 aromatic rings. The summed E-state index contributed by atoms with van der Waals surface area (Å²) in [4.78, 5) is 57.5. The van der Waals surface area contributed by atoms with Crippen molar-refractivity contribution in [2.24, 2.45) is 5.92 Å². The van der Waals surface area contributed by atoms with E-state index in [1.54, 1.807) is 24.1 Å². The van der Waals surface area contributed by atoms with Crippen molar-refractivity contribution in [3.05, 3.63) is 94.0 Å². The number of fused-ring (bicyclic) bond motifs is 2. The average molecular weight is 686 g/mol. The van der Waals surface area contributed by atoms with E-state index in [0.29, 0.717) is 30.8 Å². The molecule has 4 atom stereocenters. The van der Waals surface area contributed by atoms with Crippen molar-refractivity contribution in [3.63, 3.8) is 0 Å². The van der Waals surface area contributed by atoms with Gasteiger partial charge in [-0.2, -0.15) is 0 Å². The smallest absolute Gasteiger partial charge is 0.269 e. The van der Waals surface area contributed by atoms with E-state index in [4.69, 9.17) is 4.74 Å². The van der Waals surface area contributed by atoms with Crippen LogP contribution in [0.4, 0.5) is 22.7 Å². The van der Waals surface area contributed by atoms with Crippen LogP contribution in [-0.2, 0) is 26.5 Å². The number of non-ortho nitro benzene ring substituents is 1. The molecule has 4 heterocycles. The van der Waals surface area contributed by atoms with Gasteiger partial charge in [-0.25, -0.2) is 0 Å². The summed E-state index contributed by atoms with van der Waals surface area (Å²) >= 11 is 0. The molecule has 0 aromatic heterocycles. The zero-order valence-electron chi connectivity index (χ0n) is 28.0. The molecule has 4 aliphatic rings. The number of hydrogen-bond donors (Lipinski definition) is 3. The van der Waals surface area contributed by atoms with Crippen LogP contribution >= 0.6 is 0 Å². The molecule has 0 bridgehead atoms. The number of carbonyl (C=O) groups is 2. The lowest BCUT2D eigenvalue weighted by atomic mass is 9.82. The van der Waals surface area contributed by atoms with Crippen molar-refractivity contribution in [1.82, 2.24) is 5.32 Å². The molecule has 13 heteroatoms. The third-order valence-corrected chi connectivity index (χ3v) is 13.6. The van der Waals surface area contributed by atoms with E-state index in [2.05, 4.69) is 10.2 Å². The van der Waals surface area contributed by atoms with Gasteiger partial charge >= 0.3 is 0 Å². The summed E-state index contributed by atoms with van der Waals surface area (Å²) in [6.07, 6.45) is 1.01. The van der Waals surface area contributed by atoms with Gasteiger partial charge in [0.1, 0.15) is 5.54 Å². The van der Waals surface area contributed by atoms with Crippen molar-refractivity contribution < 1.29 is 29.2 Å². The van der Waals surface area contributed by atoms with Gasteiger partial charge in [-0.1, -0.05) is 37.3 Å². The van der Waals surface area contributed by atoms with Crippen LogP contribution < -0.4 is 20.0 Å². The van der Waals surface area contributed by atoms with Crippen LogP contribution in [-0.4, -0.2) is 73.0 Å². The normalized spacial score (nSPS) is 26.3. The van der Waals surface area contributed by atoms with E-state index in [-0.39, 0.29) is 37.1 Å². The van der Waals surface area contributed by atoms with Crippen molar-refractivity contribution >= 4 is 42.9 Å². The third-order valence-electron chi connectivity index (χ3n) is 11.1. The van der Waals surface area contributed by atoms with Crippen LogP contribution in [0.25, 0.3) is 0 Å². The lowest BCUT2D eigenvalue weighted by Gasteiger charge is -2.39. The maximum atomic E-state index is 14.7. The molecule has 3 aromatic carbocycles. The third kappa shape index (κ3) is 5.26. The number of nitro benzene ring substituents is 1. The van der Waals surface area contributed by atoms with E-state index in [9.17, 15) is 29.6 Å². The molecule has 0 unspecified atom stereocenters. The molecule has 49 heavy (non-hydrogen) atoms. The molecule has 2 spiro atoms. The van der Waals surface area contributed by atoms with Crippen molar-refractivity contribution in [1.29, 1.82) is 0 Å². The Bertz CT molecular complexity index is 1780. The Kier molecular flexibility index (Phi) is 8.39. The summed E-state index contributed by atoms with van der Waals surface area (Å²) in [5, 5.41) is 25.2. The van der Waals surface area contributed by atoms with Crippen LogP contribution in [0.1, 0.15) is 37.3 Å². The van der Waals surface area contributed by atoms with Gasteiger partial charge in [-0.15, -0.1) is 0 Å². The highest BCUT2D eigenvalue weighted by Gasteiger charge is 2.66. The quantitative estimate of drug-likeness (QED) is 0.180. The molecular weight excluding hydrogens is 643 g/mol. The average Bonchev–Trinajstić information content (AvgIpc) is 3.63. The lowest BCUT2D eigenvalue weighted by Crippen LogP contribution is -2.55. The number of aliphatic hydroxyl groups excluding tert-OH is 1. The van der Waals surface area contributed by atoms with Crippen molar-refractivity contribution in [3.8, 4) is 0 Å². The van der Waals surface area contributed by atoms with E-state index in [1.807, 2.05) is 66.4 Å².